The van der Waals surface area contributed by atoms with E-state index >= 15 is 0 Å². The molecule has 15 heavy (non-hydrogen) atoms. The van der Waals surface area contributed by atoms with Crippen LogP contribution < -0.4 is 5.32 Å². The molecule has 4 unspecified atom stereocenters. The van der Waals surface area contributed by atoms with E-state index in [1.54, 1.807) is 0 Å². The molecule has 0 aromatic rings. The van der Waals surface area contributed by atoms with Crippen molar-refractivity contribution < 1.29 is 14.6 Å². The molecule has 2 aliphatic rings. The molecule has 1 aliphatic carbocycles. The Morgan fingerprint density at radius 1 is 1.53 bits per heavy atom. The average Bonchev–Trinajstić information content (AvgIpc) is 2.81. The van der Waals surface area contributed by atoms with Crippen LogP contribution in [0.2, 0.25) is 0 Å². The van der Waals surface area contributed by atoms with Gasteiger partial charge in [-0.3, -0.25) is 0 Å². The number of nitrogens with one attached hydrogen (secondary N) is 1. The van der Waals surface area contributed by atoms with Crippen LogP contribution in [0.1, 0.15) is 32.6 Å². The molecule has 1 saturated heterocycles. The van der Waals surface area contributed by atoms with Crippen molar-refractivity contribution in [3.05, 3.63) is 0 Å². The van der Waals surface area contributed by atoms with Gasteiger partial charge in [0, 0.05) is 12.6 Å². The molecular weight excluding hydrogens is 194 g/mol. The zero-order valence-corrected chi connectivity index (χ0v) is 9.11. The van der Waals surface area contributed by atoms with E-state index in [1.165, 1.54) is 12.8 Å². The summed E-state index contributed by atoms with van der Waals surface area (Å²) >= 11 is 0. The van der Waals surface area contributed by atoms with Crippen molar-refractivity contribution in [3.8, 4) is 0 Å². The van der Waals surface area contributed by atoms with Crippen LogP contribution >= 0.6 is 0 Å². The number of aliphatic carboxylic acids is 1. The minimum Gasteiger partial charge on any atom is -0.479 e. The molecule has 2 N–H and O–H groups in total. The van der Waals surface area contributed by atoms with Gasteiger partial charge in [0.1, 0.15) is 0 Å². The highest BCUT2D eigenvalue weighted by Crippen LogP contribution is 2.33. The second-order valence-electron chi connectivity index (χ2n) is 4.58. The number of ether oxygens (including phenoxy) is 1. The highest BCUT2D eigenvalue weighted by Gasteiger charge is 2.36. The second kappa shape index (κ2) is 4.49. The van der Waals surface area contributed by atoms with Crippen molar-refractivity contribution in [2.75, 3.05) is 6.54 Å². The summed E-state index contributed by atoms with van der Waals surface area (Å²) in [6, 6.07) is 0.655. The lowest BCUT2D eigenvalue weighted by molar-refractivity contribution is -0.149. The van der Waals surface area contributed by atoms with E-state index in [1.807, 2.05) is 0 Å². The lowest BCUT2D eigenvalue weighted by atomic mass is 10.2. The highest BCUT2D eigenvalue weighted by atomic mass is 16.5. The van der Waals surface area contributed by atoms with Gasteiger partial charge in [-0.15, -0.1) is 0 Å². The summed E-state index contributed by atoms with van der Waals surface area (Å²) in [6.45, 7) is 3.02. The molecule has 1 aliphatic heterocycles. The quantitative estimate of drug-likeness (QED) is 0.715. The first-order valence-corrected chi connectivity index (χ1v) is 5.82. The van der Waals surface area contributed by atoms with E-state index in [0.717, 1.165) is 18.9 Å². The molecule has 0 aromatic heterocycles. The molecule has 86 valence electrons. The molecule has 0 bridgehead atoms. The number of carbonyl (C=O) groups is 1. The Morgan fingerprint density at radius 3 is 2.87 bits per heavy atom. The first-order chi connectivity index (χ1) is 7.20. The molecule has 0 radical (unpaired) electrons. The van der Waals surface area contributed by atoms with Crippen LogP contribution in [-0.4, -0.2) is 35.9 Å². The summed E-state index contributed by atoms with van der Waals surface area (Å²) in [5, 5.41) is 12.2. The number of hydrogen-bond donors (Lipinski definition) is 2. The molecule has 4 heteroatoms. The van der Waals surface area contributed by atoms with Gasteiger partial charge in [0.2, 0.25) is 0 Å². The first kappa shape index (κ1) is 10.9. The van der Waals surface area contributed by atoms with Crippen LogP contribution in [0.3, 0.4) is 0 Å². The second-order valence-corrected chi connectivity index (χ2v) is 4.58. The standard InChI is InChI=1S/C11H19NO3/c1-2-7-5-9(7)12-6-8-3-4-10(15-8)11(13)14/h7-10,12H,2-6H2,1H3,(H,13,14). The molecule has 4 atom stereocenters. The van der Waals surface area contributed by atoms with Gasteiger partial charge in [0.25, 0.3) is 0 Å². The van der Waals surface area contributed by atoms with E-state index in [2.05, 4.69) is 12.2 Å². The summed E-state index contributed by atoms with van der Waals surface area (Å²) in [6.07, 6.45) is 3.56. The van der Waals surface area contributed by atoms with Crippen LogP contribution in [0.5, 0.6) is 0 Å². The maximum Gasteiger partial charge on any atom is 0.332 e. The van der Waals surface area contributed by atoms with Gasteiger partial charge in [-0.05, 0) is 25.2 Å². The van der Waals surface area contributed by atoms with E-state index in [-0.39, 0.29) is 6.10 Å². The molecule has 2 rings (SSSR count). The minimum atomic E-state index is -0.824. The van der Waals surface area contributed by atoms with Gasteiger partial charge in [0.15, 0.2) is 6.10 Å². The number of hydrogen-bond acceptors (Lipinski definition) is 3. The normalized spacial score (nSPS) is 39.3. The predicted octanol–water partition coefficient (Wildman–Crippen LogP) is 1.01. The molecule has 0 aromatic carbocycles. The van der Waals surface area contributed by atoms with Crippen molar-refractivity contribution >= 4 is 5.97 Å². The van der Waals surface area contributed by atoms with Crippen molar-refractivity contribution in [1.29, 1.82) is 0 Å². The van der Waals surface area contributed by atoms with Gasteiger partial charge in [0.05, 0.1) is 6.10 Å². The monoisotopic (exact) mass is 213 g/mol. The van der Waals surface area contributed by atoms with E-state index in [4.69, 9.17) is 9.84 Å². The fraction of sp³-hybridized carbons (Fsp3) is 0.909. The third kappa shape index (κ3) is 2.69. The number of rotatable bonds is 5. The zero-order chi connectivity index (χ0) is 10.8. The largest absolute Gasteiger partial charge is 0.479 e. The van der Waals surface area contributed by atoms with Gasteiger partial charge in [-0.2, -0.15) is 0 Å². The van der Waals surface area contributed by atoms with Crippen molar-refractivity contribution in [2.24, 2.45) is 5.92 Å². The lowest BCUT2D eigenvalue weighted by Crippen LogP contribution is -2.30. The third-order valence-corrected chi connectivity index (χ3v) is 3.44. The highest BCUT2D eigenvalue weighted by molar-refractivity contribution is 5.72. The Labute approximate surface area is 90.0 Å². The van der Waals surface area contributed by atoms with Crippen molar-refractivity contribution in [2.45, 2.75) is 50.9 Å². The van der Waals surface area contributed by atoms with Crippen LogP contribution in [-0.2, 0) is 9.53 Å². The molecule has 0 amide bonds. The summed E-state index contributed by atoms with van der Waals surface area (Å²) in [5.74, 6) is 0.0111. The summed E-state index contributed by atoms with van der Waals surface area (Å²) in [4.78, 5) is 10.7. The van der Waals surface area contributed by atoms with Crippen LogP contribution in [0.15, 0.2) is 0 Å². The van der Waals surface area contributed by atoms with Crippen molar-refractivity contribution in [1.82, 2.24) is 5.32 Å². The topological polar surface area (TPSA) is 58.6 Å². The third-order valence-electron chi connectivity index (χ3n) is 3.44. The maximum absolute atomic E-state index is 10.7. The summed E-state index contributed by atoms with van der Waals surface area (Å²) in [7, 11) is 0. The van der Waals surface area contributed by atoms with Gasteiger partial charge >= 0.3 is 5.97 Å². The average molecular weight is 213 g/mol. The Hall–Kier alpha value is -0.610. The van der Waals surface area contributed by atoms with E-state index < -0.39 is 12.1 Å². The fourth-order valence-electron chi connectivity index (χ4n) is 2.27. The molecule has 2 fully saturated rings. The van der Waals surface area contributed by atoms with Crippen LogP contribution in [0.25, 0.3) is 0 Å². The Balaban J connectivity index is 1.63. The Morgan fingerprint density at radius 2 is 2.33 bits per heavy atom. The summed E-state index contributed by atoms with van der Waals surface area (Å²) in [5.41, 5.74) is 0. The lowest BCUT2D eigenvalue weighted by Gasteiger charge is -2.11. The van der Waals surface area contributed by atoms with Crippen LogP contribution in [0, 0.1) is 5.92 Å². The Kier molecular flexibility index (Phi) is 3.26. The van der Waals surface area contributed by atoms with Gasteiger partial charge in [-0.25, -0.2) is 4.79 Å². The Bertz CT molecular complexity index is 244. The van der Waals surface area contributed by atoms with E-state index in [9.17, 15) is 4.79 Å². The minimum absolute atomic E-state index is 0.101. The SMILES string of the molecule is CCC1CC1NCC1CCC(C(=O)O)O1. The van der Waals surface area contributed by atoms with Gasteiger partial charge in [-0.1, -0.05) is 13.3 Å². The molecule has 1 heterocycles. The fourth-order valence-corrected chi connectivity index (χ4v) is 2.27. The predicted molar refractivity (Wildman–Crippen MR) is 55.7 cm³/mol. The molecule has 0 spiro atoms. The molecular formula is C11H19NO3. The van der Waals surface area contributed by atoms with Crippen LogP contribution in [0.4, 0.5) is 0 Å². The van der Waals surface area contributed by atoms with Gasteiger partial charge < -0.3 is 15.2 Å². The molecule has 4 nitrogen and oxygen atoms in total. The van der Waals surface area contributed by atoms with E-state index in [0.29, 0.717) is 12.5 Å². The number of carboxylic acid groups (broad SMARTS) is 1. The zero-order valence-electron chi connectivity index (χ0n) is 9.11. The maximum atomic E-state index is 10.7. The number of carboxylic acids is 1. The molecule has 1 saturated carbocycles. The first-order valence-electron chi connectivity index (χ1n) is 5.82. The summed E-state index contributed by atoms with van der Waals surface area (Å²) < 4.78 is 5.41. The van der Waals surface area contributed by atoms with Crippen molar-refractivity contribution in [3.63, 3.8) is 0 Å². The smallest absolute Gasteiger partial charge is 0.332 e.